The fourth-order valence-electron chi connectivity index (χ4n) is 1.96. The summed E-state index contributed by atoms with van der Waals surface area (Å²) >= 11 is 7.65. The standard InChI is InChI=1S/C15H18ClNOS/c1-4-18-12-7-5-6-11(9-12)14-13(8-10(2)3)19-15(16)17-14/h5-7,9-10H,4,8H2,1-3H3. The third-order valence-corrected chi connectivity index (χ3v) is 3.87. The second kappa shape index (κ2) is 6.40. The molecule has 0 aliphatic rings. The molecule has 0 spiro atoms. The topological polar surface area (TPSA) is 22.1 Å². The number of benzene rings is 1. The number of nitrogens with zero attached hydrogens (tertiary/aromatic N) is 1. The molecule has 0 unspecified atom stereocenters. The van der Waals surface area contributed by atoms with Crippen LogP contribution in [0.25, 0.3) is 11.3 Å². The van der Waals surface area contributed by atoms with E-state index >= 15 is 0 Å². The summed E-state index contributed by atoms with van der Waals surface area (Å²) in [6, 6.07) is 8.03. The number of halogens is 1. The first-order chi connectivity index (χ1) is 9.10. The normalized spacial score (nSPS) is 11.0. The molecule has 0 saturated carbocycles. The molecular formula is C15H18ClNOS. The molecule has 1 heterocycles. The molecule has 0 aliphatic carbocycles. The van der Waals surface area contributed by atoms with E-state index < -0.39 is 0 Å². The second-order valence-electron chi connectivity index (χ2n) is 4.80. The van der Waals surface area contributed by atoms with Crippen LogP contribution in [0.4, 0.5) is 0 Å². The molecule has 2 rings (SSSR count). The van der Waals surface area contributed by atoms with Gasteiger partial charge in [0, 0.05) is 10.4 Å². The fraction of sp³-hybridized carbons (Fsp3) is 0.400. The average Bonchev–Trinajstić information content (AvgIpc) is 2.70. The van der Waals surface area contributed by atoms with Gasteiger partial charge in [0.15, 0.2) is 4.47 Å². The smallest absolute Gasteiger partial charge is 0.184 e. The Balaban J connectivity index is 2.37. The van der Waals surface area contributed by atoms with Crippen LogP contribution >= 0.6 is 22.9 Å². The fourth-order valence-corrected chi connectivity index (χ4v) is 3.34. The summed E-state index contributed by atoms with van der Waals surface area (Å²) in [4.78, 5) is 5.71. The van der Waals surface area contributed by atoms with Crippen molar-refractivity contribution in [3.05, 3.63) is 33.6 Å². The lowest BCUT2D eigenvalue weighted by Crippen LogP contribution is -1.95. The van der Waals surface area contributed by atoms with E-state index in [9.17, 15) is 0 Å². The van der Waals surface area contributed by atoms with E-state index in [0.717, 1.165) is 23.4 Å². The van der Waals surface area contributed by atoms with Crippen molar-refractivity contribution in [3.63, 3.8) is 0 Å². The van der Waals surface area contributed by atoms with Crippen molar-refractivity contribution in [2.45, 2.75) is 27.2 Å². The first kappa shape index (κ1) is 14.4. The van der Waals surface area contributed by atoms with Gasteiger partial charge in [-0.3, -0.25) is 0 Å². The minimum absolute atomic E-state index is 0.588. The van der Waals surface area contributed by atoms with E-state index in [1.165, 1.54) is 4.88 Å². The van der Waals surface area contributed by atoms with Crippen LogP contribution in [0.5, 0.6) is 5.75 Å². The molecule has 0 aliphatic heterocycles. The Hall–Kier alpha value is -1.06. The van der Waals surface area contributed by atoms with Gasteiger partial charge in [0.1, 0.15) is 5.75 Å². The second-order valence-corrected chi connectivity index (χ2v) is 6.46. The third kappa shape index (κ3) is 3.71. The molecule has 0 fully saturated rings. The number of hydrogen-bond donors (Lipinski definition) is 0. The lowest BCUT2D eigenvalue weighted by molar-refractivity contribution is 0.340. The maximum absolute atomic E-state index is 6.08. The third-order valence-electron chi connectivity index (χ3n) is 2.68. The molecule has 4 heteroatoms. The van der Waals surface area contributed by atoms with Crippen LogP contribution in [0.15, 0.2) is 24.3 Å². The van der Waals surface area contributed by atoms with Crippen molar-refractivity contribution in [1.82, 2.24) is 4.98 Å². The minimum atomic E-state index is 0.588. The quantitative estimate of drug-likeness (QED) is 0.769. The van der Waals surface area contributed by atoms with E-state index in [0.29, 0.717) is 17.0 Å². The molecule has 1 aromatic carbocycles. The Bertz CT molecular complexity index is 551. The molecule has 2 aromatic rings. The Kier molecular flexibility index (Phi) is 4.83. The molecule has 0 bridgehead atoms. The zero-order valence-electron chi connectivity index (χ0n) is 11.4. The van der Waals surface area contributed by atoms with Crippen molar-refractivity contribution in [2.24, 2.45) is 5.92 Å². The van der Waals surface area contributed by atoms with Gasteiger partial charge in [-0.1, -0.05) is 37.6 Å². The van der Waals surface area contributed by atoms with Crippen molar-refractivity contribution >= 4 is 22.9 Å². The first-order valence-corrected chi connectivity index (χ1v) is 7.68. The van der Waals surface area contributed by atoms with Crippen LogP contribution in [0.1, 0.15) is 25.6 Å². The maximum atomic E-state index is 6.08. The molecular weight excluding hydrogens is 278 g/mol. The van der Waals surface area contributed by atoms with E-state index in [1.54, 1.807) is 11.3 Å². The van der Waals surface area contributed by atoms with Gasteiger partial charge in [0.25, 0.3) is 0 Å². The summed E-state index contributed by atoms with van der Waals surface area (Å²) in [5.74, 6) is 1.46. The molecule has 0 amide bonds. The summed E-state index contributed by atoms with van der Waals surface area (Å²) in [5, 5.41) is 0. The van der Waals surface area contributed by atoms with E-state index in [4.69, 9.17) is 16.3 Å². The lowest BCUT2D eigenvalue weighted by Gasteiger charge is -2.07. The van der Waals surface area contributed by atoms with Crippen LogP contribution in [0, 0.1) is 5.92 Å². The summed E-state index contributed by atoms with van der Waals surface area (Å²) < 4.78 is 6.14. The van der Waals surface area contributed by atoms with Crippen molar-refractivity contribution in [1.29, 1.82) is 0 Å². The van der Waals surface area contributed by atoms with Gasteiger partial charge in [-0.2, -0.15) is 0 Å². The summed E-state index contributed by atoms with van der Waals surface area (Å²) in [5.41, 5.74) is 2.06. The molecule has 0 saturated heterocycles. The van der Waals surface area contributed by atoms with Gasteiger partial charge in [-0.05, 0) is 31.4 Å². The van der Waals surface area contributed by atoms with Crippen LogP contribution < -0.4 is 4.74 Å². The highest BCUT2D eigenvalue weighted by molar-refractivity contribution is 7.16. The largest absolute Gasteiger partial charge is 0.494 e. The summed E-state index contributed by atoms with van der Waals surface area (Å²) in [6.45, 7) is 7.05. The van der Waals surface area contributed by atoms with Crippen LogP contribution in [-0.4, -0.2) is 11.6 Å². The maximum Gasteiger partial charge on any atom is 0.184 e. The zero-order chi connectivity index (χ0) is 13.8. The number of ether oxygens (including phenoxy) is 1. The molecule has 2 nitrogen and oxygen atoms in total. The molecule has 19 heavy (non-hydrogen) atoms. The van der Waals surface area contributed by atoms with E-state index in [-0.39, 0.29) is 0 Å². The van der Waals surface area contributed by atoms with Crippen LogP contribution in [0.3, 0.4) is 0 Å². The molecule has 0 radical (unpaired) electrons. The predicted octanol–water partition coefficient (Wildman–Crippen LogP) is 5.06. The summed E-state index contributed by atoms with van der Waals surface area (Å²) in [7, 11) is 0. The molecule has 102 valence electrons. The van der Waals surface area contributed by atoms with Gasteiger partial charge >= 0.3 is 0 Å². The number of aromatic nitrogens is 1. The molecule has 1 aromatic heterocycles. The highest BCUT2D eigenvalue weighted by atomic mass is 35.5. The summed E-state index contributed by atoms with van der Waals surface area (Å²) in [6.07, 6.45) is 0.999. The van der Waals surface area contributed by atoms with E-state index in [2.05, 4.69) is 24.9 Å². The molecule has 0 atom stereocenters. The number of hydrogen-bond acceptors (Lipinski definition) is 3. The Morgan fingerprint density at radius 1 is 1.37 bits per heavy atom. The number of thiazole rings is 1. The highest BCUT2D eigenvalue weighted by Gasteiger charge is 2.14. The van der Waals surface area contributed by atoms with Crippen molar-refractivity contribution in [3.8, 4) is 17.0 Å². The Labute approximate surface area is 123 Å². The predicted molar refractivity (Wildman–Crippen MR) is 82.3 cm³/mol. The lowest BCUT2D eigenvalue weighted by atomic mass is 10.0. The van der Waals surface area contributed by atoms with Gasteiger partial charge in [0.05, 0.1) is 12.3 Å². The van der Waals surface area contributed by atoms with Gasteiger partial charge in [0.2, 0.25) is 0 Å². The SMILES string of the molecule is CCOc1cccc(-c2nc(Cl)sc2CC(C)C)c1. The Morgan fingerprint density at radius 3 is 2.84 bits per heavy atom. The Morgan fingerprint density at radius 2 is 2.16 bits per heavy atom. The van der Waals surface area contributed by atoms with Crippen LogP contribution in [-0.2, 0) is 6.42 Å². The van der Waals surface area contributed by atoms with Gasteiger partial charge in [-0.25, -0.2) is 4.98 Å². The minimum Gasteiger partial charge on any atom is -0.494 e. The van der Waals surface area contributed by atoms with Crippen LogP contribution in [0.2, 0.25) is 4.47 Å². The average molecular weight is 296 g/mol. The first-order valence-electron chi connectivity index (χ1n) is 6.48. The van der Waals surface area contributed by atoms with Crippen molar-refractivity contribution in [2.75, 3.05) is 6.61 Å². The molecule has 0 N–H and O–H groups in total. The van der Waals surface area contributed by atoms with E-state index in [1.807, 2.05) is 25.1 Å². The van der Waals surface area contributed by atoms with Gasteiger partial charge in [-0.15, -0.1) is 11.3 Å². The highest BCUT2D eigenvalue weighted by Crippen LogP contribution is 2.33. The van der Waals surface area contributed by atoms with Crippen molar-refractivity contribution < 1.29 is 4.74 Å². The number of rotatable bonds is 5. The zero-order valence-corrected chi connectivity index (χ0v) is 13.0. The van der Waals surface area contributed by atoms with Gasteiger partial charge < -0.3 is 4.74 Å². The monoisotopic (exact) mass is 295 g/mol.